The summed E-state index contributed by atoms with van der Waals surface area (Å²) in [5.74, 6) is -0.0683. The standard InChI is InChI=1S/C24H26N4O4S/c1-16-8-13-20(23(29)14-16)21-15-22(27-26-21)24(30)25-17-9-11-19(12-10-17)33(31,32)28(2)18-6-4-3-5-7-18/h3-14,21-22,26-27,29H,15H2,1-2H3,(H,25,30). The molecule has 0 aromatic heterocycles. The number of anilines is 2. The third-order valence-corrected chi connectivity index (χ3v) is 7.48. The van der Waals surface area contributed by atoms with Gasteiger partial charge in [-0.05, 0) is 61.4 Å². The molecule has 8 nitrogen and oxygen atoms in total. The van der Waals surface area contributed by atoms with Gasteiger partial charge in [-0.2, -0.15) is 0 Å². The lowest BCUT2D eigenvalue weighted by molar-refractivity contribution is -0.117. The van der Waals surface area contributed by atoms with Gasteiger partial charge in [-0.1, -0.05) is 30.3 Å². The number of para-hydroxylation sites is 1. The third-order valence-electron chi connectivity index (χ3n) is 5.68. The molecule has 3 aromatic rings. The normalized spacial score (nSPS) is 18.1. The SMILES string of the molecule is Cc1ccc(C2CC(C(=O)Nc3ccc(S(=O)(=O)N(C)c4ccccc4)cc3)NN2)c(O)c1. The van der Waals surface area contributed by atoms with Crippen molar-refractivity contribution in [3.8, 4) is 5.75 Å². The maximum absolute atomic E-state index is 12.9. The van der Waals surface area contributed by atoms with Gasteiger partial charge in [-0.25, -0.2) is 19.3 Å². The number of benzene rings is 3. The molecule has 1 fully saturated rings. The largest absolute Gasteiger partial charge is 0.508 e. The Hall–Kier alpha value is -3.40. The summed E-state index contributed by atoms with van der Waals surface area (Å²) in [6.45, 7) is 1.90. The van der Waals surface area contributed by atoms with E-state index >= 15 is 0 Å². The van der Waals surface area contributed by atoms with E-state index < -0.39 is 16.1 Å². The second-order valence-electron chi connectivity index (χ2n) is 8.01. The number of phenols is 1. The molecular formula is C24H26N4O4S. The van der Waals surface area contributed by atoms with E-state index in [0.717, 1.165) is 11.1 Å². The maximum atomic E-state index is 12.9. The van der Waals surface area contributed by atoms with Crippen molar-refractivity contribution in [2.24, 2.45) is 0 Å². The maximum Gasteiger partial charge on any atom is 0.264 e. The first-order valence-corrected chi connectivity index (χ1v) is 11.9. The van der Waals surface area contributed by atoms with E-state index in [0.29, 0.717) is 17.8 Å². The van der Waals surface area contributed by atoms with Gasteiger partial charge in [0, 0.05) is 18.3 Å². The first-order chi connectivity index (χ1) is 15.8. The lowest BCUT2D eigenvalue weighted by Crippen LogP contribution is -2.39. The summed E-state index contributed by atoms with van der Waals surface area (Å²) in [6, 6.07) is 19.6. The van der Waals surface area contributed by atoms with Crippen LogP contribution in [0.15, 0.2) is 77.7 Å². The van der Waals surface area contributed by atoms with E-state index in [-0.39, 0.29) is 22.6 Å². The molecule has 2 atom stereocenters. The fourth-order valence-electron chi connectivity index (χ4n) is 3.75. The van der Waals surface area contributed by atoms with Crippen molar-refractivity contribution in [1.82, 2.24) is 10.9 Å². The van der Waals surface area contributed by atoms with Gasteiger partial charge in [-0.15, -0.1) is 0 Å². The molecule has 0 bridgehead atoms. The molecule has 4 rings (SSSR count). The number of hydrogen-bond donors (Lipinski definition) is 4. The van der Waals surface area contributed by atoms with Gasteiger partial charge < -0.3 is 10.4 Å². The van der Waals surface area contributed by atoms with Gasteiger partial charge in [0.15, 0.2) is 0 Å². The number of carbonyl (C=O) groups is 1. The minimum Gasteiger partial charge on any atom is -0.508 e. The van der Waals surface area contributed by atoms with Crippen molar-refractivity contribution in [1.29, 1.82) is 0 Å². The van der Waals surface area contributed by atoms with Crippen molar-refractivity contribution in [3.05, 3.63) is 83.9 Å². The fourth-order valence-corrected chi connectivity index (χ4v) is 4.95. The number of sulfonamides is 1. The van der Waals surface area contributed by atoms with E-state index in [9.17, 15) is 18.3 Å². The van der Waals surface area contributed by atoms with Crippen LogP contribution in [0.3, 0.4) is 0 Å². The number of rotatable bonds is 6. The van der Waals surface area contributed by atoms with Crippen molar-refractivity contribution in [2.45, 2.75) is 30.3 Å². The molecule has 4 N–H and O–H groups in total. The lowest BCUT2D eigenvalue weighted by Gasteiger charge is -2.19. The van der Waals surface area contributed by atoms with Gasteiger partial charge in [0.05, 0.1) is 16.6 Å². The Morgan fingerprint density at radius 1 is 1.03 bits per heavy atom. The molecule has 1 aliphatic heterocycles. The van der Waals surface area contributed by atoms with Crippen LogP contribution in [0.1, 0.15) is 23.6 Å². The highest BCUT2D eigenvalue weighted by atomic mass is 32.2. The second-order valence-corrected chi connectivity index (χ2v) is 9.98. The monoisotopic (exact) mass is 466 g/mol. The van der Waals surface area contributed by atoms with Crippen LogP contribution in [0.2, 0.25) is 0 Å². The van der Waals surface area contributed by atoms with Crippen LogP contribution in [0.4, 0.5) is 11.4 Å². The van der Waals surface area contributed by atoms with E-state index in [4.69, 9.17) is 0 Å². The summed E-state index contributed by atoms with van der Waals surface area (Å²) < 4.78 is 27.0. The number of carbonyl (C=O) groups excluding carboxylic acids is 1. The summed E-state index contributed by atoms with van der Waals surface area (Å²) in [6.07, 6.45) is 0.455. The molecule has 33 heavy (non-hydrogen) atoms. The predicted molar refractivity (Wildman–Crippen MR) is 127 cm³/mol. The molecule has 1 saturated heterocycles. The fraction of sp³-hybridized carbons (Fsp3) is 0.208. The molecule has 0 spiro atoms. The smallest absolute Gasteiger partial charge is 0.264 e. The van der Waals surface area contributed by atoms with Crippen LogP contribution in [0, 0.1) is 6.92 Å². The van der Waals surface area contributed by atoms with Crippen molar-refractivity contribution in [3.63, 3.8) is 0 Å². The van der Waals surface area contributed by atoms with Crippen LogP contribution in [0.25, 0.3) is 0 Å². The van der Waals surface area contributed by atoms with Crippen LogP contribution >= 0.6 is 0 Å². The Morgan fingerprint density at radius 3 is 2.39 bits per heavy atom. The third kappa shape index (κ3) is 4.85. The Morgan fingerprint density at radius 2 is 1.73 bits per heavy atom. The first-order valence-electron chi connectivity index (χ1n) is 10.5. The van der Waals surface area contributed by atoms with Crippen molar-refractivity contribution >= 4 is 27.3 Å². The molecule has 0 saturated carbocycles. The van der Waals surface area contributed by atoms with E-state index in [2.05, 4.69) is 16.2 Å². The molecule has 2 unspecified atom stereocenters. The van der Waals surface area contributed by atoms with Gasteiger partial charge in [0.2, 0.25) is 5.91 Å². The van der Waals surface area contributed by atoms with Crippen molar-refractivity contribution in [2.75, 3.05) is 16.7 Å². The number of hydrogen-bond acceptors (Lipinski definition) is 6. The first kappa shape index (κ1) is 22.8. The molecule has 172 valence electrons. The minimum absolute atomic E-state index is 0.127. The Labute approximate surface area is 193 Å². The average molecular weight is 467 g/mol. The highest BCUT2D eigenvalue weighted by molar-refractivity contribution is 7.92. The Bertz CT molecular complexity index is 1250. The van der Waals surface area contributed by atoms with E-state index in [1.807, 2.05) is 25.1 Å². The molecule has 1 amide bonds. The minimum atomic E-state index is -3.72. The lowest BCUT2D eigenvalue weighted by atomic mass is 9.99. The molecule has 9 heteroatoms. The van der Waals surface area contributed by atoms with E-state index in [1.165, 1.54) is 23.5 Å². The zero-order chi connectivity index (χ0) is 23.6. The van der Waals surface area contributed by atoms with Crippen LogP contribution in [0.5, 0.6) is 5.75 Å². The summed E-state index contributed by atoms with van der Waals surface area (Å²) in [5.41, 5.74) is 8.74. The van der Waals surface area contributed by atoms with Gasteiger partial charge in [0.1, 0.15) is 11.8 Å². The number of nitrogens with zero attached hydrogens (tertiary/aromatic N) is 1. The summed E-state index contributed by atoms with van der Waals surface area (Å²) in [7, 11) is -2.22. The van der Waals surface area contributed by atoms with Gasteiger partial charge in [0.25, 0.3) is 10.0 Å². The molecule has 1 aliphatic rings. The zero-order valence-corrected chi connectivity index (χ0v) is 19.1. The zero-order valence-electron chi connectivity index (χ0n) is 18.3. The van der Waals surface area contributed by atoms with Crippen molar-refractivity contribution < 1.29 is 18.3 Å². The number of phenolic OH excluding ortho intramolecular Hbond substituents is 1. The summed E-state index contributed by atoms with van der Waals surface area (Å²) in [5, 5.41) is 13.0. The highest BCUT2D eigenvalue weighted by Crippen LogP contribution is 2.30. The molecule has 0 radical (unpaired) electrons. The quantitative estimate of drug-likeness (QED) is 0.444. The van der Waals surface area contributed by atoms with Gasteiger partial charge >= 0.3 is 0 Å². The second kappa shape index (κ2) is 9.22. The summed E-state index contributed by atoms with van der Waals surface area (Å²) >= 11 is 0. The Kier molecular flexibility index (Phi) is 6.37. The summed E-state index contributed by atoms with van der Waals surface area (Å²) in [4.78, 5) is 12.8. The molecule has 0 aliphatic carbocycles. The predicted octanol–water partition coefficient (Wildman–Crippen LogP) is 3.07. The number of nitrogens with one attached hydrogen (secondary N) is 3. The van der Waals surface area contributed by atoms with Crippen LogP contribution in [-0.4, -0.2) is 32.5 Å². The number of hydrazine groups is 1. The number of amides is 1. The number of aromatic hydroxyl groups is 1. The number of aryl methyl sites for hydroxylation is 1. The molecule has 3 aromatic carbocycles. The van der Waals surface area contributed by atoms with E-state index in [1.54, 1.807) is 42.5 Å². The van der Waals surface area contributed by atoms with Gasteiger partial charge in [-0.3, -0.25) is 9.10 Å². The highest BCUT2D eigenvalue weighted by Gasteiger charge is 2.31. The molecule has 1 heterocycles. The topological polar surface area (TPSA) is 111 Å². The Balaban J connectivity index is 1.40. The average Bonchev–Trinajstić information content (AvgIpc) is 3.29. The van der Waals surface area contributed by atoms with Crippen LogP contribution in [-0.2, 0) is 14.8 Å². The van der Waals surface area contributed by atoms with Crippen LogP contribution < -0.4 is 20.5 Å². The molecular weight excluding hydrogens is 440 g/mol.